The van der Waals surface area contributed by atoms with E-state index in [2.05, 4.69) is 5.32 Å². The fourth-order valence-corrected chi connectivity index (χ4v) is 1.23. The minimum absolute atomic E-state index is 0. The Labute approximate surface area is 90.9 Å². The van der Waals surface area contributed by atoms with Crippen molar-refractivity contribution in [3.05, 3.63) is 23.2 Å². The van der Waals surface area contributed by atoms with Gasteiger partial charge in [0.25, 0.3) is 5.91 Å². The molecule has 13 heavy (non-hydrogen) atoms. The molecule has 1 aromatic rings. The topological polar surface area (TPSA) is 38.3 Å². The van der Waals surface area contributed by atoms with E-state index in [1.807, 2.05) is 0 Å². The molecule has 0 fully saturated rings. The number of carbonyl (C=O) groups excluding carboxylic acids is 1. The van der Waals surface area contributed by atoms with Gasteiger partial charge in [0.15, 0.2) is 6.61 Å². The molecule has 70 valence electrons. The van der Waals surface area contributed by atoms with Crippen LogP contribution in [-0.2, 0) is 21.9 Å². The predicted octanol–water partition coefficient (Wildman–Crippen LogP) is 1.67. The van der Waals surface area contributed by atoms with Crippen LogP contribution in [0, 0.1) is 0 Å². The molecule has 0 unspecified atom stereocenters. The third-order valence-electron chi connectivity index (χ3n) is 1.57. The maximum Gasteiger partial charge on any atom is 0.262 e. The van der Waals surface area contributed by atoms with Gasteiger partial charge in [-0.15, -0.1) is 0 Å². The minimum atomic E-state index is -0.148. The number of benzene rings is 1. The van der Waals surface area contributed by atoms with Crippen LogP contribution in [0.25, 0.3) is 0 Å². The molecule has 0 atom stereocenters. The number of carbonyl (C=O) groups is 1. The summed E-state index contributed by atoms with van der Waals surface area (Å²) in [6, 6.07) is 5.11. The van der Waals surface area contributed by atoms with Crippen LogP contribution in [0.3, 0.4) is 0 Å². The SMILES string of the molecule is O=C1COc2ccc(Cl)cc2N1.[Fe]. The summed E-state index contributed by atoms with van der Waals surface area (Å²) in [6.07, 6.45) is 0. The van der Waals surface area contributed by atoms with Crippen LogP contribution in [0.2, 0.25) is 5.02 Å². The molecule has 1 heterocycles. The number of nitrogens with one attached hydrogen (secondary N) is 1. The average Bonchev–Trinajstić information content (AvgIpc) is 2.03. The number of halogens is 1. The smallest absolute Gasteiger partial charge is 0.262 e. The number of hydrogen-bond acceptors (Lipinski definition) is 2. The molecule has 0 radical (unpaired) electrons. The molecule has 1 aromatic carbocycles. The van der Waals surface area contributed by atoms with Crippen LogP contribution >= 0.6 is 11.6 Å². The van der Waals surface area contributed by atoms with E-state index in [-0.39, 0.29) is 29.6 Å². The van der Waals surface area contributed by atoms with Crippen molar-refractivity contribution in [3.63, 3.8) is 0 Å². The van der Waals surface area contributed by atoms with Crippen LogP contribution in [-0.4, -0.2) is 12.5 Å². The normalized spacial score (nSPS) is 13.5. The fraction of sp³-hybridized carbons (Fsp3) is 0.125. The van der Waals surface area contributed by atoms with Gasteiger partial charge in [0, 0.05) is 22.1 Å². The minimum Gasteiger partial charge on any atom is -0.482 e. The number of fused-ring (bicyclic) bond motifs is 1. The Morgan fingerprint density at radius 1 is 1.46 bits per heavy atom. The van der Waals surface area contributed by atoms with Gasteiger partial charge in [0.05, 0.1) is 5.69 Å². The van der Waals surface area contributed by atoms with E-state index >= 15 is 0 Å². The van der Waals surface area contributed by atoms with Gasteiger partial charge in [-0.05, 0) is 18.2 Å². The zero-order valence-electron chi connectivity index (χ0n) is 6.49. The third-order valence-corrected chi connectivity index (χ3v) is 1.81. The number of rotatable bonds is 0. The standard InChI is InChI=1S/C8H6ClNO2.Fe/c9-5-1-2-7-6(3-5)10-8(11)4-12-7;/h1-3H,4H2,(H,10,11);. The van der Waals surface area contributed by atoms with Gasteiger partial charge in [-0.25, -0.2) is 0 Å². The molecule has 0 spiro atoms. The van der Waals surface area contributed by atoms with Crippen molar-refractivity contribution in [2.24, 2.45) is 0 Å². The van der Waals surface area contributed by atoms with E-state index in [9.17, 15) is 4.79 Å². The zero-order valence-corrected chi connectivity index (χ0v) is 8.35. The van der Waals surface area contributed by atoms with Gasteiger partial charge in [0.1, 0.15) is 5.75 Å². The van der Waals surface area contributed by atoms with Gasteiger partial charge in [-0.2, -0.15) is 0 Å². The Morgan fingerprint density at radius 3 is 3.00 bits per heavy atom. The second-order valence-corrected chi connectivity index (χ2v) is 2.91. The van der Waals surface area contributed by atoms with Gasteiger partial charge >= 0.3 is 0 Å². The van der Waals surface area contributed by atoms with Crippen molar-refractivity contribution >= 4 is 23.2 Å². The summed E-state index contributed by atoms with van der Waals surface area (Å²) in [5, 5.41) is 3.24. The van der Waals surface area contributed by atoms with Crippen molar-refractivity contribution in [3.8, 4) is 5.75 Å². The summed E-state index contributed by atoms with van der Waals surface area (Å²) in [6.45, 7) is 0.0780. The molecule has 3 nitrogen and oxygen atoms in total. The Morgan fingerprint density at radius 2 is 2.23 bits per heavy atom. The monoisotopic (exact) mass is 239 g/mol. The molecule has 0 bridgehead atoms. The predicted molar refractivity (Wildman–Crippen MR) is 45.6 cm³/mol. The zero-order chi connectivity index (χ0) is 8.55. The largest absolute Gasteiger partial charge is 0.482 e. The maximum atomic E-state index is 10.9. The number of hydrogen-bond donors (Lipinski definition) is 1. The molecular weight excluding hydrogens is 233 g/mol. The van der Waals surface area contributed by atoms with Crippen LogP contribution in [0.5, 0.6) is 5.75 Å². The van der Waals surface area contributed by atoms with Crippen LogP contribution in [0.1, 0.15) is 0 Å². The average molecular weight is 239 g/mol. The quantitative estimate of drug-likeness (QED) is 0.699. The summed E-state index contributed by atoms with van der Waals surface area (Å²) in [4.78, 5) is 10.9. The van der Waals surface area contributed by atoms with Gasteiger partial charge < -0.3 is 10.1 Å². The van der Waals surface area contributed by atoms with Crippen molar-refractivity contribution in [1.29, 1.82) is 0 Å². The second-order valence-electron chi connectivity index (χ2n) is 2.48. The molecule has 2 rings (SSSR count). The second kappa shape index (κ2) is 4.01. The van der Waals surface area contributed by atoms with Gasteiger partial charge in [-0.3, -0.25) is 4.79 Å². The van der Waals surface area contributed by atoms with Crippen LogP contribution in [0.4, 0.5) is 5.69 Å². The summed E-state index contributed by atoms with van der Waals surface area (Å²) in [7, 11) is 0. The molecule has 0 aliphatic carbocycles. The first-order valence-electron chi connectivity index (χ1n) is 3.48. The van der Waals surface area contributed by atoms with Crippen molar-refractivity contribution in [2.75, 3.05) is 11.9 Å². The molecule has 5 heteroatoms. The van der Waals surface area contributed by atoms with Crippen molar-refractivity contribution < 1.29 is 26.6 Å². The number of anilines is 1. The van der Waals surface area contributed by atoms with E-state index in [4.69, 9.17) is 16.3 Å². The molecule has 0 saturated carbocycles. The van der Waals surface area contributed by atoms with E-state index < -0.39 is 0 Å². The molecule has 1 N–H and O–H groups in total. The summed E-state index contributed by atoms with van der Waals surface area (Å²) in [5.41, 5.74) is 0.638. The summed E-state index contributed by atoms with van der Waals surface area (Å²) < 4.78 is 5.12. The van der Waals surface area contributed by atoms with E-state index in [0.29, 0.717) is 16.5 Å². The first-order chi connectivity index (χ1) is 5.75. The van der Waals surface area contributed by atoms with Gasteiger partial charge in [-0.1, -0.05) is 11.6 Å². The molecule has 0 aromatic heterocycles. The van der Waals surface area contributed by atoms with E-state index in [0.717, 1.165) is 0 Å². The van der Waals surface area contributed by atoms with E-state index in [1.54, 1.807) is 18.2 Å². The summed E-state index contributed by atoms with van der Waals surface area (Å²) >= 11 is 5.72. The Hall–Kier alpha value is -0.701. The van der Waals surface area contributed by atoms with E-state index in [1.165, 1.54) is 0 Å². The Kier molecular flexibility index (Phi) is 3.20. The number of ether oxygens (including phenoxy) is 1. The first kappa shape index (κ1) is 10.4. The van der Waals surface area contributed by atoms with Gasteiger partial charge in [0.2, 0.25) is 0 Å². The molecule has 1 aliphatic heterocycles. The molecule has 1 amide bonds. The Bertz CT molecular complexity index is 343. The fourth-order valence-electron chi connectivity index (χ4n) is 1.06. The number of amides is 1. The van der Waals surface area contributed by atoms with Crippen LogP contribution in [0.15, 0.2) is 18.2 Å². The third kappa shape index (κ3) is 2.15. The molecular formula is C8H6ClFeNO2. The molecule has 1 aliphatic rings. The summed E-state index contributed by atoms with van der Waals surface area (Å²) in [5.74, 6) is 0.517. The first-order valence-corrected chi connectivity index (χ1v) is 3.86. The van der Waals surface area contributed by atoms with Crippen LogP contribution < -0.4 is 10.1 Å². The Balaban J connectivity index is 0.000000845. The molecule has 0 saturated heterocycles. The maximum absolute atomic E-state index is 10.9. The van der Waals surface area contributed by atoms with Crippen molar-refractivity contribution in [2.45, 2.75) is 0 Å². The van der Waals surface area contributed by atoms with Crippen molar-refractivity contribution in [1.82, 2.24) is 0 Å².